The van der Waals surface area contributed by atoms with E-state index < -0.39 is 5.41 Å². The first kappa shape index (κ1) is 25.0. The SMILES string of the molecule is Cc1n(CCC(C(N)=O)(c2ccccc2)C2CCCCCCC2)cc[n+]1C/C=C/c1ccccc1. The fourth-order valence-electron chi connectivity index (χ4n) is 5.87. The van der Waals surface area contributed by atoms with E-state index in [2.05, 4.69) is 77.0 Å². The topological polar surface area (TPSA) is 51.9 Å². The first-order valence-corrected chi connectivity index (χ1v) is 13.2. The molecule has 1 unspecified atom stereocenters. The maximum atomic E-state index is 13.3. The number of carbonyl (C=O) groups excluding carboxylic acids is 1. The molecule has 1 aliphatic rings. The van der Waals surface area contributed by atoms with E-state index in [4.69, 9.17) is 5.73 Å². The van der Waals surface area contributed by atoms with Crippen molar-refractivity contribution in [3.8, 4) is 0 Å². The normalized spacial score (nSPS) is 17.1. The third-order valence-corrected chi connectivity index (χ3v) is 7.95. The lowest BCUT2D eigenvalue weighted by Gasteiger charge is -2.39. The average Bonchev–Trinajstić information content (AvgIpc) is 3.20. The number of amides is 1. The highest BCUT2D eigenvalue weighted by Crippen LogP contribution is 2.43. The number of nitrogens with two attached hydrogens (primary N) is 1. The van der Waals surface area contributed by atoms with Crippen LogP contribution in [0.2, 0.25) is 0 Å². The van der Waals surface area contributed by atoms with Crippen LogP contribution in [0.1, 0.15) is 68.3 Å². The number of nitrogens with zero attached hydrogens (tertiary/aromatic N) is 2. The van der Waals surface area contributed by atoms with E-state index in [0.717, 1.165) is 37.9 Å². The molecule has 1 saturated carbocycles. The van der Waals surface area contributed by atoms with Crippen LogP contribution in [0.3, 0.4) is 0 Å². The smallest absolute Gasteiger partial charge is 0.253 e. The molecule has 1 amide bonds. The molecule has 3 aromatic rings. The van der Waals surface area contributed by atoms with Crippen molar-refractivity contribution in [3.63, 3.8) is 0 Å². The molecule has 2 N–H and O–H groups in total. The predicted molar refractivity (Wildman–Crippen MR) is 143 cm³/mol. The lowest BCUT2D eigenvalue weighted by molar-refractivity contribution is -0.692. The number of primary amides is 1. The number of carbonyl (C=O) groups is 1. The lowest BCUT2D eigenvalue weighted by atomic mass is 9.63. The Morgan fingerprint density at radius 3 is 2.29 bits per heavy atom. The van der Waals surface area contributed by atoms with E-state index in [0.29, 0.717) is 5.92 Å². The van der Waals surface area contributed by atoms with Gasteiger partial charge in [0.15, 0.2) is 0 Å². The molecule has 0 radical (unpaired) electrons. The van der Waals surface area contributed by atoms with E-state index in [1.54, 1.807) is 0 Å². The molecule has 1 aliphatic carbocycles. The summed E-state index contributed by atoms with van der Waals surface area (Å²) in [6.45, 7) is 3.74. The van der Waals surface area contributed by atoms with E-state index >= 15 is 0 Å². The molecule has 1 aromatic heterocycles. The van der Waals surface area contributed by atoms with Gasteiger partial charge >= 0.3 is 0 Å². The second-order valence-corrected chi connectivity index (χ2v) is 10.00. The van der Waals surface area contributed by atoms with Crippen molar-refractivity contribution in [1.29, 1.82) is 0 Å². The molecule has 2 aromatic carbocycles. The summed E-state index contributed by atoms with van der Waals surface area (Å²) >= 11 is 0. The Bertz CT molecular complexity index is 1090. The molecule has 4 rings (SSSR count). The lowest BCUT2D eigenvalue weighted by Crippen LogP contribution is -2.48. The molecule has 184 valence electrons. The number of allylic oxidation sites excluding steroid dienone is 1. The predicted octanol–water partition coefficient (Wildman–Crippen LogP) is 5.97. The van der Waals surface area contributed by atoms with Crippen LogP contribution in [0.4, 0.5) is 0 Å². The molecule has 4 nitrogen and oxygen atoms in total. The van der Waals surface area contributed by atoms with Crippen LogP contribution in [0, 0.1) is 12.8 Å². The largest absolute Gasteiger partial charge is 0.369 e. The molecule has 1 fully saturated rings. The van der Waals surface area contributed by atoms with Gasteiger partial charge in [-0.2, -0.15) is 0 Å². The van der Waals surface area contributed by atoms with E-state index in [1.807, 2.05) is 24.3 Å². The van der Waals surface area contributed by atoms with Crippen LogP contribution in [-0.4, -0.2) is 10.5 Å². The Hall–Kier alpha value is -3.14. The number of aromatic nitrogens is 2. The van der Waals surface area contributed by atoms with Crippen molar-refractivity contribution < 1.29 is 9.36 Å². The van der Waals surface area contributed by atoms with Crippen LogP contribution < -0.4 is 10.3 Å². The van der Waals surface area contributed by atoms with Crippen LogP contribution >= 0.6 is 0 Å². The van der Waals surface area contributed by atoms with Crippen molar-refractivity contribution >= 4 is 12.0 Å². The van der Waals surface area contributed by atoms with Gasteiger partial charge in [0.05, 0.1) is 12.0 Å². The molecule has 0 aliphatic heterocycles. The van der Waals surface area contributed by atoms with Crippen LogP contribution in [-0.2, 0) is 23.3 Å². The standard InChI is InChI=1S/C31H39N3O/c1-26-33(22-13-16-27-14-7-5-8-15-27)24-25-34(26)23-21-31(30(32)35,29-19-11-6-12-20-29)28-17-9-3-2-4-10-18-28/h5-8,11-16,19-20,24-25,28H,2-4,9-10,17-18,21-23H2,1H3,(H-,32,35)/p+1/b16-13+. The van der Waals surface area contributed by atoms with Crippen molar-refractivity contribution in [2.75, 3.05) is 0 Å². The van der Waals surface area contributed by atoms with Gasteiger partial charge < -0.3 is 5.73 Å². The second-order valence-electron chi connectivity index (χ2n) is 10.00. The van der Waals surface area contributed by atoms with Gasteiger partial charge in [-0.3, -0.25) is 4.79 Å². The Kier molecular flexibility index (Phi) is 8.57. The summed E-state index contributed by atoms with van der Waals surface area (Å²) in [4.78, 5) is 13.3. The summed E-state index contributed by atoms with van der Waals surface area (Å²) in [5.74, 6) is 1.31. The van der Waals surface area contributed by atoms with Crippen molar-refractivity contribution in [1.82, 2.24) is 4.57 Å². The van der Waals surface area contributed by atoms with Crippen LogP contribution in [0.15, 0.2) is 79.1 Å². The number of hydrogen-bond donors (Lipinski definition) is 1. The van der Waals surface area contributed by atoms with Crippen LogP contribution in [0.5, 0.6) is 0 Å². The molecule has 0 saturated heterocycles. The molecule has 1 atom stereocenters. The van der Waals surface area contributed by atoms with Gasteiger partial charge in [0.2, 0.25) is 5.91 Å². The third kappa shape index (κ3) is 5.93. The maximum Gasteiger partial charge on any atom is 0.253 e. The van der Waals surface area contributed by atoms with Gasteiger partial charge in [0.1, 0.15) is 18.9 Å². The van der Waals surface area contributed by atoms with Gasteiger partial charge in [0, 0.05) is 13.3 Å². The van der Waals surface area contributed by atoms with Crippen molar-refractivity contribution in [2.24, 2.45) is 11.7 Å². The highest BCUT2D eigenvalue weighted by atomic mass is 16.1. The van der Waals surface area contributed by atoms with Gasteiger partial charge in [-0.15, -0.1) is 0 Å². The minimum absolute atomic E-state index is 0.169. The maximum absolute atomic E-state index is 13.3. The third-order valence-electron chi connectivity index (χ3n) is 7.95. The average molecular weight is 471 g/mol. The van der Waals surface area contributed by atoms with Gasteiger partial charge in [0.25, 0.3) is 5.82 Å². The quantitative estimate of drug-likeness (QED) is 0.385. The Labute approximate surface area is 210 Å². The first-order chi connectivity index (χ1) is 17.1. The Morgan fingerprint density at radius 2 is 1.63 bits per heavy atom. The van der Waals surface area contributed by atoms with Gasteiger partial charge in [-0.05, 0) is 36.0 Å². The monoisotopic (exact) mass is 470 g/mol. The number of imidazole rings is 1. The van der Waals surface area contributed by atoms with E-state index in [9.17, 15) is 4.79 Å². The minimum Gasteiger partial charge on any atom is -0.369 e. The summed E-state index contributed by atoms with van der Waals surface area (Å²) < 4.78 is 4.53. The fourth-order valence-corrected chi connectivity index (χ4v) is 5.87. The second kappa shape index (κ2) is 12.0. The van der Waals surface area contributed by atoms with Crippen molar-refractivity contribution in [3.05, 3.63) is 96.1 Å². The summed E-state index contributed by atoms with van der Waals surface area (Å²) in [5, 5.41) is 0. The summed E-state index contributed by atoms with van der Waals surface area (Å²) in [6.07, 6.45) is 17.7. The highest BCUT2D eigenvalue weighted by molar-refractivity contribution is 5.87. The molecule has 0 spiro atoms. The number of rotatable bonds is 9. The number of aryl methyl sites for hydroxylation is 1. The van der Waals surface area contributed by atoms with E-state index in [1.165, 1.54) is 43.5 Å². The molecular weight excluding hydrogens is 430 g/mol. The minimum atomic E-state index is -0.632. The first-order valence-electron chi connectivity index (χ1n) is 13.2. The molecule has 1 heterocycles. The molecule has 0 bridgehead atoms. The fraction of sp³-hybridized carbons (Fsp3) is 0.419. The Morgan fingerprint density at radius 1 is 1.00 bits per heavy atom. The highest BCUT2D eigenvalue weighted by Gasteiger charge is 2.45. The van der Waals surface area contributed by atoms with Crippen molar-refractivity contribution in [2.45, 2.75) is 76.8 Å². The molecular formula is C31H40N3O+. The number of benzene rings is 2. The summed E-state index contributed by atoms with van der Waals surface area (Å²) in [5.41, 5.74) is 7.95. The Balaban J connectivity index is 1.55. The van der Waals surface area contributed by atoms with Gasteiger partial charge in [-0.25, -0.2) is 9.13 Å². The zero-order chi connectivity index (χ0) is 24.5. The molecule has 4 heteroatoms. The number of hydrogen-bond acceptors (Lipinski definition) is 1. The summed E-state index contributed by atoms with van der Waals surface area (Å²) in [6, 6.07) is 20.7. The molecule has 35 heavy (non-hydrogen) atoms. The van der Waals surface area contributed by atoms with E-state index in [-0.39, 0.29) is 5.91 Å². The zero-order valence-electron chi connectivity index (χ0n) is 21.1. The summed E-state index contributed by atoms with van der Waals surface area (Å²) in [7, 11) is 0. The van der Waals surface area contributed by atoms with Crippen LogP contribution in [0.25, 0.3) is 6.08 Å². The van der Waals surface area contributed by atoms with Gasteiger partial charge in [-0.1, -0.05) is 98.8 Å². The zero-order valence-corrected chi connectivity index (χ0v) is 21.1.